The van der Waals surface area contributed by atoms with E-state index in [-0.39, 0.29) is 11.5 Å². The van der Waals surface area contributed by atoms with Gasteiger partial charge in [0.25, 0.3) is 0 Å². The van der Waals surface area contributed by atoms with E-state index in [2.05, 4.69) is 29.1 Å². The van der Waals surface area contributed by atoms with Gasteiger partial charge in [0.15, 0.2) is 0 Å². The predicted molar refractivity (Wildman–Crippen MR) is 93.0 cm³/mol. The molecule has 3 atom stereocenters. The summed E-state index contributed by atoms with van der Waals surface area (Å²) in [6, 6.07) is 8.33. The molecule has 4 rings (SSSR count). The Morgan fingerprint density at radius 1 is 1.32 bits per heavy atom. The number of hydrogen-bond acceptors (Lipinski definition) is 3. The first-order valence-corrected chi connectivity index (χ1v) is 8.98. The first kappa shape index (κ1) is 14.4. The number of aliphatic imine (C=N–C) groups is 1. The van der Waals surface area contributed by atoms with Crippen LogP contribution in [-0.4, -0.2) is 19.4 Å². The summed E-state index contributed by atoms with van der Waals surface area (Å²) in [5.41, 5.74) is 3.51. The minimum Gasteiger partial charge on any atom is -0.380 e. The first-order valence-electron chi connectivity index (χ1n) is 7.66. The molecular weight excluding hydrogens is 314 g/mol. The number of fused-ring (bicyclic) bond motifs is 2. The Labute approximate surface area is 139 Å². The Morgan fingerprint density at radius 2 is 2.23 bits per heavy atom. The third-order valence-electron chi connectivity index (χ3n) is 5.14. The van der Waals surface area contributed by atoms with Crippen LogP contribution >= 0.6 is 22.9 Å². The van der Waals surface area contributed by atoms with Gasteiger partial charge in [0.1, 0.15) is 0 Å². The van der Waals surface area contributed by atoms with Gasteiger partial charge in [-0.2, -0.15) is 11.3 Å². The van der Waals surface area contributed by atoms with E-state index in [1.165, 1.54) is 24.0 Å². The summed E-state index contributed by atoms with van der Waals surface area (Å²) in [7, 11) is 1.82. The smallest absolute Gasteiger partial charge is 0.0724 e. The molecule has 2 aromatic rings. The van der Waals surface area contributed by atoms with Gasteiger partial charge in [-0.3, -0.25) is 4.99 Å². The standard InChI is InChI=1S/C18H18ClNOS/c1-21-17-4-2-3-14(12-7-8-22-10-12)18(17)11-20-16-9-13(19)5-6-15(16)18/h5-11,14,17H,2-4H2,1H3/t14-,17-,18+/m0/s1. The number of nitrogens with zero attached hydrogens (tertiary/aromatic N) is 1. The van der Waals surface area contributed by atoms with Crippen molar-refractivity contribution in [2.24, 2.45) is 4.99 Å². The van der Waals surface area contributed by atoms with Crippen LogP contribution in [0.15, 0.2) is 40.0 Å². The summed E-state index contributed by atoms with van der Waals surface area (Å²) in [5, 5.41) is 5.17. The van der Waals surface area contributed by atoms with Crippen LogP contribution in [0.3, 0.4) is 0 Å². The normalized spacial score (nSPS) is 29.9. The van der Waals surface area contributed by atoms with Crippen molar-refractivity contribution in [2.45, 2.75) is 36.7 Å². The van der Waals surface area contributed by atoms with Gasteiger partial charge in [-0.15, -0.1) is 0 Å². The van der Waals surface area contributed by atoms with E-state index < -0.39 is 0 Å². The molecule has 114 valence electrons. The summed E-state index contributed by atoms with van der Waals surface area (Å²) in [6.07, 6.45) is 5.73. The molecule has 1 saturated carbocycles. The van der Waals surface area contributed by atoms with E-state index in [1.807, 2.05) is 19.2 Å². The van der Waals surface area contributed by atoms with Gasteiger partial charge < -0.3 is 4.74 Å². The summed E-state index contributed by atoms with van der Waals surface area (Å²) in [5.74, 6) is 0.420. The highest BCUT2D eigenvalue weighted by molar-refractivity contribution is 7.08. The van der Waals surface area contributed by atoms with Crippen LogP contribution in [0.5, 0.6) is 0 Å². The van der Waals surface area contributed by atoms with E-state index in [1.54, 1.807) is 11.3 Å². The Kier molecular flexibility index (Phi) is 3.60. The van der Waals surface area contributed by atoms with Gasteiger partial charge >= 0.3 is 0 Å². The molecule has 0 radical (unpaired) electrons. The monoisotopic (exact) mass is 331 g/mol. The zero-order valence-corrected chi connectivity index (χ0v) is 14.0. The average Bonchev–Trinajstić information content (AvgIpc) is 3.17. The minimum atomic E-state index is -0.159. The highest BCUT2D eigenvalue weighted by Gasteiger charge is 2.52. The molecule has 1 fully saturated rings. The van der Waals surface area contributed by atoms with Crippen molar-refractivity contribution < 1.29 is 4.74 Å². The number of methoxy groups -OCH3 is 1. The lowest BCUT2D eigenvalue weighted by atomic mass is 9.60. The number of rotatable bonds is 2. The lowest BCUT2D eigenvalue weighted by molar-refractivity contribution is 0.0231. The molecule has 1 aromatic carbocycles. The topological polar surface area (TPSA) is 21.6 Å². The number of thiophene rings is 1. The molecule has 1 aliphatic carbocycles. The molecule has 2 aliphatic rings. The fourth-order valence-electron chi connectivity index (χ4n) is 4.20. The molecule has 0 unspecified atom stereocenters. The summed E-state index contributed by atoms with van der Waals surface area (Å²) in [4.78, 5) is 4.71. The lowest BCUT2D eigenvalue weighted by Gasteiger charge is -2.45. The van der Waals surface area contributed by atoms with Crippen LogP contribution in [0.2, 0.25) is 5.02 Å². The van der Waals surface area contributed by atoms with Gasteiger partial charge in [-0.25, -0.2) is 0 Å². The fourth-order valence-corrected chi connectivity index (χ4v) is 5.08. The Balaban J connectivity index is 1.90. The molecule has 0 N–H and O–H groups in total. The van der Waals surface area contributed by atoms with Gasteiger partial charge in [0.05, 0.1) is 17.2 Å². The van der Waals surface area contributed by atoms with Gasteiger partial charge in [0, 0.05) is 24.3 Å². The molecule has 1 spiro atoms. The van der Waals surface area contributed by atoms with Crippen molar-refractivity contribution in [3.05, 3.63) is 51.2 Å². The van der Waals surface area contributed by atoms with Crippen molar-refractivity contribution in [1.29, 1.82) is 0 Å². The second-order valence-corrected chi connectivity index (χ2v) is 7.33. The van der Waals surface area contributed by atoms with Gasteiger partial charge in [-0.1, -0.05) is 24.1 Å². The van der Waals surface area contributed by atoms with Crippen molar-refractivity contribution in [1.82, 2.24) is 0 Å². The molecule has 0 amide bonds. The second-order valence-electron chi connectivity index (χ2n) is 6.12. The zero-order valence-electron chi connectivity index (χ0n) is 12.5. The van der Waals surface area contributed by atoms with E-state index >= 15 is 0 Å². The largest absolute Gasteiger partial charge is 0.380 e. The van der Waals surface area contributed by atoms with E-state index in [4.69, 9.17) is 21.3 Å². The molecule has 0 bridgehead atoms. The molecule has 2 nitrogen and oxygen atoms in total. The zero-order chi connectivity index (χ0) is 15.2. The van der Waals surface area contributed by atoms with Gasteiger partial charge in [0.2, 0.25) is 0 Å². The highest BCUT2D eigenvalue weighted by Crippen LogP contribution is 2.54. The minimum absolute atomic E-state index is 0.159. The SMILES string of the molecule is CO[C@H]1CCC[C@@H](c2ccsc2)[C@@]12C=Nc1cc(Cl)ccc12. The number of ether oxygens (including phenoxy) is 1. The third kappa shape index (κ3) is 1.99. The fraction of sp³-hybridized carbons (Fsp3) is 0.389. The summed E-state index contributed by atoms with van der Waals surface area (Å²) >= 11 is 7.91. The maximum Gasteiger partial charge on any atom is 0.0724 e. The van der Waals surface area contributed by atoms with Crippen LogP contribution in [0.1, 0.15) is 36.3 Å². The van der Waals surface area contributed by atoms with Crippen molar-refractivity contribution >= 4 is 34.8 Å². The first-order chi connectivity index (χ1) is 10.8. The lowest BCUT2D eigenvalue weighted by Crippen LogP contribution is -2.48. The molecule has 1 aliphatic heterocycles. The molecule has 2 heterocycles. The number of benzene rings is 1. The molecular formula is C18H18ClNOS. The van der Waals surface area contributed by atoms with Crippen molar-refractivity contribution in [2.75, 3.05) is 7.11 Å². The van der Waals surface area contributed by atoms with Crippen LogP contribution in [-0.2, 0) is 10.2 Å². The number of hydrogen-bond donors (Lipinski definition) is 0. The van der Waals surface area contributed by atoms with Crippen LogP contribution in [0.25, 0.3) is 0 Å². The summed E-state index contributed by atoms with van der Waals surface area (Å²) in [6.45, 7) is 0. The second kappa shape index (κ2) is 5.48. The van der Waals surface area contributed by atoms with E-state index in [0.717, 1.165) is 17.1 Å². The molecule has 22 heavy (non-hydrogen) atoms. The van der Waals surface area contributed by atoms with Gasteiger partial charge in [-0.05, 0) is 52.9 Å². The van der Waals surface area contributed by atoms with Crippen molar-refractivity contribution in [3.63, 3.8) is 0 Å². The summed E-state index contributed by atoms with van der Waals surface area (Å²) < 4.78 is 5.92. The van der Waals surface area contributed by atoms with Crippen LogP contribution < -0.4 is 0 Å². The predicted octanol–water partition coefficient (Wildman–Crippen LogP) is 5.34. The Bertz CT molecular complexity index is 712. The quantitative estimate of drug-likeness (QED) is 0.728. The molecule has 4 heteroatoms. The van der Waals surface area contributed by atoms with Crippen LogP contribution in [0, 0.1) is 0 Å². The van der Waals surface area contributed by atoms with Crippen molar-refractivity contribution in [3.8, 4) is 0 Å². The Morgan fingerprint density at radius 3 is 3.00 bits per heavy atom. The Hall–Kier alpha value is -1.16. The molecule has 0 saturated heterocycles. The maximum atomic E-state index is 6.15. The van der Waals surface area contributed by atoms with E-state index in [9.17, 15) is 0 Å². The number of halogens is 1. The maximum absolute atomic E-state index is 6.15. The molecule has 1 aromatic heterocycles. The van der Waals surface area contributed by atoms with E-state index in [0.29, 0.717) is 5.92 Å². The van der Waals surface area contributed by atoms with Crippen LogP contribution in [0.4, 0.5) is 5.69 Å². The third-order valence-corrected chi connectivity index (χ3v) is 6.08. The average molecular weight is 332 g/mol. The highest BCUT2D eigenvalue weighted by atomic mass is 35.5.